The number of pyridine rings is 1. The molecular weight excluding hydrogens is 169 g/mol. The Kier molecular flexibility index (Phi) is 1.79. The summed E-state index contributed by atoms with van der Waals surface area (Å²) < 4.78 is 1.63. The zero-order valence-corrected chi connectivity index (χ0v) is 7.05. The van der Waals surface area contributed by atoms with Crippen molar-refractivity contribution in [1.82, 2.24) is 14.8 Å². The summed E-state index contributed by atoms with van der Waals surface area (Å²) >= 11 is 0. The number of hydrogen-bond acceptors (Lipinski definition) is 4. The molecule has 0 spiro atoms. The topological polar surface area (TPSA) is 71.2 Å². The van der Waals surface area contributed by atoms with Gasteiger partial charge >= 0.3 is 7.12 Å². The lowest BCUT2D eigenvalue weighted by molar-refractivity contribution is 0.424. The lowest BCUT2D eigenvalue weighted by Gasteiger charge is -1.95. The average molecular weight is 177 g/mol. The largest absolute Gasteiger partial charge is 0.508 e. The van der Waals surface area contributed by atoms with Gasteiger partial charge in [0.25, 0.3) is 0 Å². The van der Waals surface area contributed by atoms with Crippen LogP contribution in [0.5, 0.6) is 0 Å². The van der Waals surface area contributed by atoms with E-state index < -0.39 is 7.12 Å². The smallest absolute Gasteiger partial charge is 0.422 e. The summed E-state index contributed by atoms with van der Waals surface area (Å²) in [6.07, 6.45) is 1.72. The highest BCUT2D eigenvalue weighted by Crippen LogP contribution is 2.05. The highest BCUT2D eigenvalue weighted by molar-refractivity contribution is 6.57. The second-order valence-electron chi connectivity index (χ2n) is 2.82. The molecule has 2 heterocycles. The Balaban J connectivity index is 2.61. The third-order valence-corrected chi connectivity index (χ3v) is 1.76. The number of fused-ring (bicyclic) bond motifs is 1. The SMILES string of the molecule is Cn1cc2nc(B(O)O)ccc2n1. The standard InChI is InChI=1S/C7H8BN3O2/c1-11-4-6-5(10-11)2-3-7(9-6)8(12)13/h2-4,12-13H,1H3. The van der Waals surface area contributed by atoms with E-state index in [4.69, 9.17) is 10.0 Å². The molecule has 0 aliphatic heterocycles. The second-order valence-corrected chi connectivity index (χ2v) is 2.82. The first-order chi connectivity index (χ1) is 6.16. The van der Waals surface area contributed by atoms with E-state index in [0.717, 1.165) is 5.52 Å². The van der Waals surface area contributed by atoms with Crippen molar-refractivity contribution in [2.45, 2.75) is 0 Å². The fourth-order valence-corrected chi connectivity index (χ4v) is 1.18. The molecule has 0 aromatic carbocycles. The third-order valence-electron chi connectivity index (χ3n) is 1.76. The van der Waals surface area contributed by atoms with Crippen molar-refractivity contribution in [3.63, 3.8) is 0 Å². The molecular formula is C7H8BN3O2. The monoisotopic (exact) mass is 177 g/mol. The Morgan fingerprint density at radius 2 is 2.08 bits per heavy atom. The molecule has 0 amide bonds. The van der Waals surface area contributed by atoms with Crippen molar-refractivity contribution in [2.75, 3.05) is 0 Å². The fourth-order valence-electron chi connectivity index (χ4n) is 1.18. The summed E-state index contributed by atoms with van der Waals surface area (Å²) in [6, 6.07) is 3.25. The molecule has 0 atom stereocenters. The summed E-state index contributed by atoms with van der Waals surface area (Å²) in [7, 11) is 0.265. The van der Waals surface area contributed by atoms with Crippen LogP contribution in [0.4, 0.5) is 0 Å². The van der Waals surface area contributed by atoms with E-state index in [1.807, 2.05) is 0 Å². The Morgan fingerprint density at radius 3 is 2.77 bits per heavy atom. The quantitative estimate of drug-likeness (QED) is 0.528. The summed E-state index contributed by atoms with van der Waals surface area (Å²) in [4.78, 5) is 4.01. The molecule has 66 valence electrons. The number of rotatable bonds is 1. The lowest BCUT2D eigenvalue weighted by atomic mass is 9.86. The van der Waals surface area contributed by atoms with Gasteiger partial charge in [0, 0.05) is 7.05 Å². The molecule has 5 nitrogen and oxygen atoms in total. The Hall–Kier alpha value is -1.40. The molecule has 0 aliphatic carbocycles. The van der Waals surface area contributed by atoms with E-state index in [1.165, 1.54) is 0 Å². The van der Waals surface area contributed by atoms with Gasteiger partial charge in [0.05, 0.1) is 11.8 Å². The van der Waals surface area contributed by atoms with Gasteiger partial charge in [-0.1, -0.05) is 0 Å². The Morgan fingerprint density at radius 1 is 1.31 bits per heavy atom. The van der Waals surface area contributed by atoms with Crippen LogP contribution in [0.2, 0.25) is 0 Å². The molecule has 0 fully saturated rings. The summed E-state index contributed by atoms with van der Waals surface area (Å²) in [6.45, 7) is 0. The van der Waals surface area contributed by atoms with Crippen LogP contribution in [0.25, 0.3) is 11.0 Å². The van der Waals surface area contributed by atoms with E-state index in [-0.39, 0.29) is 5.59 Å². The molecule has 0 saturated carbocycles. The maximum Gasteiger partial charge on any atom is 0.508 e. The predicted molar refractivity (Wildman–Crippen MR) is 48.3 cm³/mol. The van der Waals surface area contributed by atoms with Gasteiger partial charge in [-0.2, -0.15) is 5.10 Å². The van der Waals surface area contributed by atoms with E-state index in [9.17, 15) is 0 Å². The van der Waals surface area contributed by atoms with Gasteiger partial charge in [0.1, 0.15) is 11.0 Å². The van der Waals surface area contributed by atoms with Crippen molar-refractivity contribution < 1.29 is 10.0 Å². The minimum Gasteiger partial charge on any atom is -0.422 e. The van der Waals surface area contributed by atoms with Crippen LogP contribution in [0.1, 0.15) is 0 Å². The molecule has 0 aliphatic rings. The fraction of sp³-hybridized carbons (Fsp3) is 0.143. The van der Waals surface area contributed by atoms with Crippen LogP contribution < -0.4 is 5.59 Å². The van der Waals surface area contributed by atoms with E-state index in [2.05, 4.69) is 10.1 Å². The van der Waals surface area contributed by atoms with Crippen LogP contribution in [0, 0.1) is 0 Å². The molecule has 2 aromatic heterocycles. The van der Waals surface area contributed by atoms with Crippen LogP contribution >= 0.6 is 0 Å². The zero-order valence-electron chi connectivity index (χ0n) is 7.05. The first kappa shape index (κ1) is 8.21. The molecule has 0 radical (unpaired) electrons. The van der Waals surface area contributed by atoms with E-state index in [0.29, 0.717) is 5.52 Å². The van der Waals surface area contributed by atoms with Crippen LogP contribution in [-0.2, 0) is 7.05 Å². The summed E-state index contributed by atoms with van der Waals surface area (Å²) in [5.74, 6) is 0. The maximum atomic E-state index is 8.86. The molecule has 0 unspecified atom stereocenters. The molecule has 2 aromatic rings. The Bertz CT molecular complexity index is 440. The zero-order chi connectivity index (χ0) is 9.42. The highest BCUT2D eigenvalue weighted by atomic mass is 16.4. The van der Waals surface area contributed by atoms with Gasteiger partial charge in [0.15, 0.2) is 0 Å². The maximum absolute atomic E-state index is 8.86. The van der Waals surface area contributed by atoms with Gasteiger partial charge < -0.3 is 10.0 Å². The summed E-state index contributed by atoms with van der Waals surface area (Å²) in [5.41, 5.74) is 1.64. The van der Waals surface area contributed by atoms with E-state index in [1.54, 1.807) is 30.1 Å². The first-order valence-electron chi connectivity index (χ1n) is 3.83. The van der Waals surface area contributed by atoms with Crippen LogP contribution in [0.15, 0.2) is 18.3 Å². The lowest BCUT2D eigenvalue weighted by Crippen LogP contribution is -2.32. The number of hydrogen-bond donors (Lipinski definition) is 2. The molecule has 13 heavy (non-hydrogen) atoms. The van der Waals surface area contributed by atoms with Crippen LogP contribution in [-0.4, -0.2) is 31.9 Å². The van der Waals surface area contributed by atoms with Gasteiger partial charge in [-0.3, -0.25) is 9.67 Å². The third kappa shape index (κ3) is 1.41. The minimum atomic E-state index is -1.52. The normalized spacial score (nSPS) is 10.7. The van der Waals surface area contributed by atoms with Gasteiger partial charge in [-0.05, 0) is 12.1 Å². The molecule has 2 N–H and O–H groups in total. The van der Waals surface area contributed by atoms with Crippen molar-refractivity contribution >= 4 is 23.7 Å². The van der Waals surface area contributed by atoms with Gasteiger partial charge in [0.2, 0.25) is 0 Å². The van der Waals surface area contributed by atoms with Gasteiger partial charge in [-0.25, -0.2) is 0 Å². The molecule has 0 bridgehead atoms. The van der Waals surface area contributed by atoms with E-state index >= 15 is 0 Å². The summed E-state index contributed by atoms with van der Waals surface area (Å²) in [5, 5.41) is 21.8. The average Bonchev–Trinajstić information content (AvgIpc) is 2.42. The highest BCUT2D eigenvalue weighted by Gasteiger charge is 2.13. The first-order valence-corrected chi connectivity index (χ1v) is 3.83. The second kappa shape index (κ2) is 2.83. The van der Waals surface area contributed by atoms with Crippen LogP contribution in [0.3, 0.4) is 0 Å². The number of aryl methyl sites for hydroxylation is 1. The van der Waals surface area contributed by atoms with Crippen molar-refractivity contribution in [3.05, 3.63) is 18.3 Å². The molecule has 0 saturated heterocycles. The predicted octanol–water partition coefficient (Wildman–Crippen LogP) is -1.35. The van der Waals surface area contributed by atoms with Crippen molar-refractivity contribution in [1.29, 1.82) is 0 Å². The number of nitrogens with zero attached hydrogens (tertiary/aromatic N) is 3. The molecule has 6 heteroatoms. The Labute approximate surface area is 74.8 Å². The van der Waals surface area contributed by atoms with Gasteiger partial charge in [-0.15, -0.1) is 0 Å². The minimum absolute atomic E-state index is 0.237. The van der Waals surface area contributed by atoms with Crippen molar-refractivity contribution in [2.24, 2.45) is 7.05 Å². The van der Waals surface area contributed by atoms with Crippen molar-refractivity contribution in [3.8, 4) is 0 Å². The number of aromatic nitrogens is 3. The molecule has 2 rings (SSSR count).